The van der Waals surface area contributed by atoms with Crippen LogP contribution in [-0.4, -0.2) is 33.5 Å². The maximum atomic E-state index is 9.30. The van der Waals surface area contributed by atoms with Gasteiger partial charge < -0.3 is 16.2 Å². The third kappa shape index (κ3) is 3.24. The van der Waals surface area contributed by atoms with Crippen molar-refractivity contribution >= 4 is 23.4 Å². The van der Waals surface area contributed by atoms with Gasteiger partial charge in [0.25, 0.3) is 0 Å². The topological polar surface area (TPSA) is 84.1 Å². The van der Waals surface area contributed by atoms with Gasteiger partial charge in [0.2, 0.25) is 0 Å². The van der Waals surface area contributed by atoms with Gasteiger partial charge in [-0.05, 0) is 19.6 Å². The lowest BCUT2D eigenvalue weighted by Gasteiger charge is -2.27. The second-order valence-corrected chi connectivity index (χ2v) is 4.64. The van der Waals surface area contributed by atoms with E-state index in [1.165, 1.54) is 11.8 Å². The fourth-order valence-electron chi connectivity index (χ4n) is 1.15. The van der Waals surface area contributed by atoms with Crippen LogP contribution < -0.4 is 11.1 Å². The normalized spacial score (nSPS) is 14.5. The fraction of sp³-hybridized carbons (Fsp3) is 0.600. The number of nitrogens with zero attached hydrogens (tertiary/aromatic N) is 2. The van der Waals surface area contributed by atoms with Gasteiger partial charge in [0, 0.05) is 6.07 Å². The summed E-state index contributed by atoms with van der Waals surface area (Å²) in [5, 5.41) is 13.1. The van der Waals surface area contributed by atoms with E-state index in [4.69, 9.17) is 5.73 Å². The van der Waals surface area contributed by atoms with Gasteiger partial charge in [0.15, 0.2) is 5.16 Å². The Hall–Kier alpha value is -1.01. The number of aliphatic hydroxyl groups is 1. The van der Waals surface area contributed by atoms with Crippen LogP contribution in [0.15, 0.2) is 11.2 Å². The number of nitrogens with one attached hydrogen (secondary N) is 1. The molecule has 0 saturated carbocycles. The zero-order chi connectivity index (χ0) is 12.2. The van der Waals surface area contributed by atoms with Gasteiger partial charge in [-0.1, -0.05) is 18.7 Å². The Morgan fingerprint density at radius 3 is 2.75 bits per heavy atom. The minimum absolute atomic E-state index is 0.0437. The zero-order valence-electron chi connectivity index (χ0n) is 9.82. The van der Waals surface area contributed by atoms with Crippen molar-refractivity contribution in [2.45, 2.75) is 31.0 Å². The minimum atomic E-state index is -0.379. The lowest BCUT2D eigenvalue weighted by molar-refractivity contribution is 0.218. The lowest BCUT2D eigenvalue weighted by Crippen LogP contribution is -2.38. The van der Waals surface area contributed by atoms with Crippen LogP contribution in [0.5, 0.6) is 0 Å². The molecule has 0 radical (unpaired) electrons. The first-order valence-electron chi connectivity index (χ1n) is 5.10. The summed E-state index contributed by atoms with van der Waals surface area (Å²) in [6.45, 7) is 3.98. The smallest absolute Gasteiger partial charge is 0.191 e. The molecule has 0 spiro atoms. The first-order valence-corrected chi connectivity index (χ1v) is 6.33. The van der Waals surface area contributed by atoms with E-state index < -0.39 is 0 Å². The van der Waals surface area contributed by atoms with Crippen LogP contribution >= 0.6 is 11.8 Å². The Morgan fingerprint density at radius 1 is 1.56 bits per heavy atom. The standard InChI is InChI=1S/C10H18N4OS/c1-4-10(2,6-15)14-8-5-7(11)12-9(13-8)16-3/h5,15H,4,6H2,1-3H3,(H3,11,12,13,14). The molecule has 0 amide bonds. The molecule has 1 unspecified atom stereocenters. The van der Waals surface area contributed by atoms with Crippen LogP contribution in [0.4, 0.5) is 11.6 Å². The third-order valence-electron chi connectivity index (χ3n) is 2.47. The Morgan fingerprint density at radius 2 is 2.25 bits per heavy atom. The van der Waals surface area contributed by atoms with Crippen molar-refractivity contribution in [3.63, 3.8) is 0 Å². The predicted molar refractivity (Wildman–Crippen MR) is 67.6 cm³/mol. The highest BCUT2D eigenvalue weighted by Gasteiger charge is 2.21. The number of aliphatic hydroxyl groups excluding tert-OH is 1. The summed E-state index contributed by atoms with van der Waals surface area (Å²) in [5.41, 5.74) is 5.29. The molecule has 1 atom stereocenters. The molecule has 0 aliphatic carbocycles. The van der Waals surface area contributed by atoms with E-state index >= 15 is 0 Å². The molecule has 0 aliphatic rings. The number of rotatable bonds is 5. The quantitative estimate of drug-likeness (QED) is 0.534. The molecule has 6 heteroatoms. The molecule has 0 saturated heterocycles. The van der Waals surface area contributed by atoms with Crippen LogP contribution in [0.3, 0.4) is 0 Å². The number of nitrogens with two attached hydrogens (primary N) is 1. The molecule has 1 rings (SSSR count). The van der Waals surface area contributed by atoms with E-state index in [0.717, 1.165) is 6.42 Å². The zero-order valence-corrected chi connectivity index (χ0v) is 10.6. The van der Waals surface area contributed by atoms with Crippen molar-refractivity contribution in [1.82, 2.24) is 9.97 Å². The van der Waals surface area contributed by atoms with E-state index in [9.17, 15) is 5.11 Å². The molecule has 1 heterocycles. The second-order valence-electron chi connectivity index (χ2n) is 3.86. The van der Waals surface area contributed by atoms with Gasteiger partial charge in [-0.15, -0.1) is 0 Å². The summed E-state index contributed by atoms with van der Waals surface area (Å²) in [6, 6.07) is 1.67. The molecule has 1 aromatic rings. The molecule has 90 valence electrons. The van der Waals surface area contributed by atoms with Crippen LogP contribution in [0.25, 0.3) is 0 Å². The Bertz CT molecular complexity index is 355. The number of aromatic nitrogens is 2. The van der Waals surface area contributed by atoms with E-state index in [1.54, 1.807) is 6.07 Å². The van der Waals surface area contributed by atoms with Gasteiger partial charge in [-0.25, -0.2) is 9.97 Å². The van der Waals surface area contributed by atoms with Gasteiger partial charge in [0.1, 0.15) is 11.6 Å². The highest BCUT2D eigenvalue weighted by Crippen LogP contribution is 2.20. The number of nitrogen functional groups attached to an aromatic ring is 1. The second kappa shape index (κ2) is 5.36. The summed E-state index contributed by atoms with van der Waals surface area (Å²) < 4.78 is 0. The maximum absolute atomic E-state index is 9.30. The van der Waals surface area contributed by atoms with Crippen molar-refractivity contribution in [1.29, 1.82) is 0 Å². The fourth-order valence-corrected chi connectivity index (χ4v) is 1.53. The highest BCUT2D eigenvalue weighted by atomic mass is 32.2. The maximum Gasteiger partial charge on any atom is 0.191 e. The van der Waals surface area contributed by atoms with Crippen molar-refractivity contribution < 1.29 is 5.11 Å². The summed E-state index contributed by atoms with van der Waals surface area (Å²) in [5.74, 6) is 1.08. The number of anilines is 2. The summed E-state index contributed by atoms with van der Waals surface area (Å²) in [7, 11) is 0. The van der Waals surface area contributed by atoms with E-state index in [0.29, 0.717) is 16.8 Å². The molecule has 16 heavy (non-hydrogen) atoms. The van der Waals surface area contributed by atoms with Gasteiger partial charge >= 0.3 is 0 Å². The first-order chi connectivity index (χ1) is 7.53. The SMILES string of the molecule is CCC(C)(CO)Nc1cc(N)nc(SC)n1. The Kier molecular flexibility index (Phi) is 4.37. The summed E-state index contributed by atoms with van der Waals surface area (Å²) >= 11 is 1.43. The van der Waals surface area contributed by atoms with Crippen LogP contribution in [0, 0.1) is 0 Å². The molecule has 4 N–H and O–H groups in total. The van der Waals surface area contributed by atoms with Crippen molar-refractivity contribution in [2.24, 2.45) is 0 Å². The lowest BCUT2D eigenvalue weighted by atomic mass is 10.0. The molecule has 0 aromatic carbocycles. The third-order valence-corrected chi connectivity index (χ3v) is 3.01. The molecular weight excluding hydrogens is 224 g/mol. The molecule has 1 aromatic heterocycles. The Balaban J connectivity index is 2.92. The van der Waals surface area contributed by atoms with Gasteiger partial charge in [-0.3, -0.25) is 0 Å². The average molecular weight is 242 g/mol. The number of hydrogen-bond acceptors (Lipinski definition) is 6. The van der Waals surface area contributed by atoms with Crippen molar-refractivity contribution in [3.8, 4) is 0 Å². The van der Waals surface area contributed by atoms with Crippen molar-refractivity contribution in [2.75, 3.05) is 23.9 Å². The minimum Gasteiger partial charge on any atom is -0.394 e. The van der Waals surface area contributed by atoms with Crippen molar-refractivity contribution in [3.05, 3.63) is 6.07 Å². The molecule has 0 fully saturated rings. The van der Waals surface area contributed by atoms with E-state index in [-0.39, 0.29) is 12.1 Å². The summed E-state index contributed by atoms with van der Waals surface area (Å²) in [4.78, 5) is 8.34. The van der Waals surface area contributed by atoms with E-state index in [2.05, 4.69) is 15.3 Å². The predicted octanol–water partition coefficient (Wildman–Crippen LogP) is 1.35. The first kappa shape index (κ1) is 13.1. The molecule has 0 aliphatic heterocycles. The molecule has 0 bridgehead atoms. The van der Waals surface area contributed by atoms with Gasteiger partial charge in [-0.2, -0.15) is 0 Å². The van der Waals surface area contributed by atoms with Gasteiger partial charge in [0.05, 0.1) is 12.1 Å². The monoisotopic (exact) mass is 242 g/mol. The van der Waals surface area contributed by atoms with E-state index in [1.807, 2.05) is 20.1 Å². The van der Waals surface area contributed by atoms with Crippen LogP contribution in [0.1, 0.15) is 20.3 Å². The molecular formula is C10H18N4OS. The number of hydrogen-bond donors (Lipinski definition) is 3. The van der Waals surface area contributed by atoms with Crippen LogP contribution in [0.2, 0.25) is 0 Å². The van der Waals surface area contributed by atoms with Crippen LogP contribution in [-0.2, 0) is 0 Å². The average Bonchev–Trinajstić information content (AvgIpc) is 2.28. The summed E-state index contributed by atoms with van der Waals surface area (Å²) in [6.07, 6.45) is 2.69. The Labute approximate surface area is 99.9 Å². The molecule has 5 nitrogen and oxygen atoms in total. The highest BCUT2D eigenvalue weighted by molar-refractivity contribution is 7.98. The number of thioether (sulfide) groups is 1. The largest absolute Gasteiger partial charge is 0.394 e.